The van der Waals surface area contributed by atoms with Crippen molar-refractivity contribution in [3.8, 4) is 22.3 Å². The van der Waals surface area contributed by atoms with E-state index in [4.69, 9.17) is 0 Å². The zero-order chi connectivity index (χ0) is 21.5. The maximum Gasteiger partial charge on any atom is 0.0714 e. The van der Waals surface area contributed by atoms with Gasteiger partial charge in [-0.3, -0.25) is 0 Å². The van der Waals surface area contributed by atoms with Crippen LogP contribution in [0.1, 0.15) is 22.3 Å². The first-order chi connectivity index (χ1) is 15.8. The highest BCUT2D eigenvalue weighted by molar-refractivity contribution is 9.10. The van der Waals surface area contributed by atoms with Crippen molar-refractivity contribution >= 4 is 15.9 Å². The third-order valence-electron chi connectivity index (χ3n) is 6.62. The molecule has 0 saturated carbocycles. The lowest BCUT2D eigenvalue weighted by molar-refractivity contribution is 0.768. The largest absolute Gasteiger partial charge is 0.0714 e. The standard InChI is InChI=1S/C31H21Br/c32-26-18-19-28-27-16-7-8-17-29(27)31(30(28)21-26,24-13-5-2-6-14-24)25-15-9-12-23(20-25)22-10-3-1-4-11-22/h1-21H. The molecule has 1 atom stereocenters. The highest BCUT2D eigenvalue weighted by Gasteiger charge is 2.46. The number of halogens is 1. The topological polar surface area (TPSA) is 0 Å². The van der Waals surface area contributed by atoms with E-state index >= 15 is 0 Å². The van der Waals surface area contributed by atoms with Gasteiger partial charge in [0.2, 0.25) is 0 Å². The van der Waals surface area contributed by atoms with Gasteiger partial charge in [-0.25, -0.2) is 0 Å². The van der Waals surface area contributed by atoms with Crippen LogP contribution in [0.3, 0.4) is 0 Å². The molecule has 152 valence electrons. The van der Waals surface area contributed by atoms with Gasteiger partial charge in [-0.1, -0.05) is 125 Å². The maximum absolute atomic E-state index is 3.76. The van der Waals surface area contributed by atoms with Crippen LogP contribution in [0.5, 0.6) is 0 Å². The van der Waals surface area contributed by atoms with Gasteiger partial charge in [0.15, 0.2) is 0 Å². The highest BCUT2D eigenvalue weighted by Crippen LogP contribution is 2.56. The fourth-order valence-corrected chi connectivity index (χ4v) is 5.65. The molecule has 0 heterocycles. The highest BCUT2D eigenvalue weighted by atomic mass is 79.9. The summed E-state index contributed by atoms with van der Waals surface area (Å²) in [6, 6.07) is 46.2. The fourth-order valence-electron chi connectivity index (χ4n) is 5.29. The Morgan fingerprint density at radius 3 is 1.88 bits per heavy atom. The summed E-state index contributed by atoms with van der Waals surface area (Å²) in [6.07, 6.45) is 0. The average Bonchev–Trinajstić information content (AvgIpc) is 3.15. The molecular formula is C31H21Br. The first kappa shape index (κ1) is 19.3. The van der Waals surface area contributed by atoms with Crippen molar-refractivity contribution in [1.29, 1.82) is 0 Å². The molecule has 0 saturated heterocycles. The molecule has 0 bridgehead atoms. The Labute approximate surface area is 197 Å². The van der Waals surface area contributed by atoms with Crippen molar-refractivity contribution in [2.24, 2.45) is 0 Å². The van der Waals surface area contributed by atoms with Gasteiger partial charge < -0.3 is 0 Å². The Balaban J connectivity index is 1.73. The van der Waals surface area contributed by atoms with E-state index in [9.17, 15) is 0 Å². The lowest BCUT2D eigenvalue weighted by Crippen LogP contribution is -2.28. The summed E-state index contributed by atoms with van der Waals surface area (Å²) >= 11 is 3.76. The van der Waals surface area contributed by atoms with E-state index in [1.54, 1.807) is 0 Å². The number of rotatable bonds is 3. The minimum atomic E-state index is -0.373. The van der Waals surface area contributed by atoms with Crippen molar-refractivity contribution < 1.29 is 0 Å². The Bertz CT molecular complexity index is 1420. The third kappa shape index (κ3) is 2.82. The summed E-state index contributed by atoms with van der Waals surface area (Å²) in [7, 11) is 0. The second-order valence-corrected chi connectivity index (χ2v) is 9.21. The Hall–Kier alpha value is -3.42. The molecule has 1 aliphatic carbocycles. The molecule has 1 aliphatic rings. The smallest absolute Gasteiger partial charge is 0.0622 e. The second kappa shape index (κ2) is 7.62. The fraction of sp³-hybridized carbons (Fsp3) is 0.0323. The number of hydrogen-bond donors (Lipinski definition) is 0. The lowest BCUT2D eigenvalue weighted by Gasteiger charge is -2.34. The van der Waals surface area contributed by atoms with Crippen LogP contribution < -0.4 is 0 Å². The summed E-state index contributed by atoms with van der Waals surface area (Å²) in [4.78, 5) is 0. The monoisotopic (exact) mass is 472 g/mol. The van der Waals surface area contributed by atoms with Gasteiger partial charge in [-0.2, -0.15) is 0 Å². The number of benzene rings is 5. The molecular weight excluding hydrogens is 452 g/mol. The van der Waals surface area contributed by atoms with Crippen LogP contribution in [0.2, 0.25) is 0 Å². The number of hydrogen-bond acceptors (Lipinski definition) is 0. The van der Waals surface area contributed by atoms with E-state index in [0.29, 0.717) is 0 Å². The van der Waals surface area contributed by atoms with Crippen molar-refractivity contribution in [1.82, 2.24) is 0 Å². The normalized spacial score (nSPS) is 16.4. The molecule has 1 unspecified atom stereocenters. The van der Waals surface area contributed by atoms with Crippen molar-refractivity contribution in [2.75, 3.05) is 0 Å². The lowest BCUT2D eigenvalue weighted by atomic mass is 9.67. The zero-order valence-electron chi connectivity index (χ0n) is 17.5. The predicted octanol–water partition coefficient (Wildman–Crippen LogP) is 8.48. The van der Waals surface area contributed by atoms with E-state index in [1.807, 2.05) is 0 Å². The molecule has 0 radical (unpaired) electrons. The van der Waals surface area contributed by atoms with Crippen LogP contribution in [0.25, 0.3) is 22.3 Å². The van der Waals surface area contributed by atoms with Crippen LogP contribution in [-0.2, 0) is 5.41 Å². The van der Waals surface area contributed by atoms with Gasteiger partial charge in [0.25, 0.3) is 0 Å². The minimum Gasteiger partial charge on any atom is -0.0622 e. The molecule has 6 rings (SSSR count). The van der Waals surface area contributed by atoms with E-state index in [-0.39, 0.29) is 5.41 Å². The van der Waals surface area contributed by atoms with Crippen LogP contribution in [0.4, 0.5) is 0 Å². The molecule has 0 N–H and O–H groups in total. The molecule has 0 aliphatic heterocycles. The van der Waals surface area contributed by atoms with Crippen LogP contribution in [-0.4, -0.2) is 0 Å². The molecule has 5 aromatic carbocycles. The Morgan fingerprint density at radius 2 is 1.06 bits per heavy atom. The third-order valence-corrected chi connectivity index (χ3v) is 7.11. The van der Waals surface area contributed by atoms with Crippen molar-refractivity contribution in [2.45, 2.75) is 5.41 Å². The van der Waals surface area contributed by atoms with Gasteiger partial charge in [0.1, 0.15) is 0 Å². The van der Waals surface area contributed by atoms with Crippen LogP contribution in [0, 0.1) is 0 Å². The van der Waals surface area contributed by atoms with E-state index in [1.165, 1.54) is 44.5 Å². The first-order valence-corrected chi connectivity index (χ1v) is 11.7. The molecule has 32 heavy (non-hydrogen) atoms. The van der Waals surface area contributed by atoms with Crippen LogP contribution >= 0.6 is 15.9 Å². The molecule has 0 aromatic heterocycles. The summed E-state index contributed by atoms with van der Waals surface area (Å²) in [5, 5.41) is 0. The molecule has 0 nitrogen and oxygen atoms in total. The SMILES string of the molecule is Brc1ccc2c(c1)C(c1ccccc1)(c1cccc(-c3ccccc3)c1)c1ccccc1-2. The van der Waals surface area contributed by atoms with Crippen LogP contribution in [0.15, 0.2) is 132 Å². The van der Waals surface area contributed by atoms with Gasteiger partial charge in [-0.15, -0.1) is 0 Å². The van der Waals surface area contributed by atoms with E-state index in [0.717, 1.165) is 4.47 Å². The molecule has 5 aromatic rings. The van der Waals surface area contributed by atoms with E-state index in [2.05, 4.69) is 143 Å². The second-order valence-electron chi connectivity index (χ2n) is 8.30. The average molecular weight is 473 g/mol. The summed E-state index contributed by atoms with van der Waals surface area (Å²) in [5.74, 6) is 0. The van der Waals surface area contributed by atoms with Crippen molar-refractivity contribution in [3.05, 3.63) is 154 Å². The van der Waals surface area contributed by atoms with Gasteiger partial charge in [0, 0.05) is 4.47 Å². The van der Waals surface area contributed by atoms with Crippen molar-refractivity contribution in [3.63, 3.8) is 0 Å². The quantitative estimate of drug-likeness (QED) is 0.242. The number of fused-ring (bicyclic) bond motifs is 3. The van der Waals surface area contributed by atoms with Gasteiger partial charge in [-0.05, 0) is 62.7 Å². The summed E-state index contributed by atoms with van der Waals surface area (Å²) in [5.41, 5.74) is 9.94. The summed E-state index contributed by atoms with van der Waals surface area (Å²) in [6.45, 7) is 0. The molecule has 1 heteroatoms. The maximum atomic E-state index is 3.76. The minimum absolute atomic E-state index is 0.373. The van der Waals surface area contributed by atoms with Gasteiger partial charge >= 0.3 is 0 Å². The Morgan fingerprint density at radius 1 is 0.438 bits per heavy atom. The molecule has 0 spiro atoms. The molecule has 0 amide bonds. The molecule has 0 fully saturated rings. The van der Waals surface area contributed by atoms with E-state index < -0.39 is 0 Å². The predicted molar refractivity (Wildman–Crippen MR) is 137 cm³/mol. The van der Waals surface area contributed by atoms with Gasteiger partial charge in [0.05, 0.1) is 5.41 Å². The summed E-state index contributed by atoms with van der Waals surface area (Å²) < 4.78 is 1.10. The first-order valence-electron chi connectivity index (χ1n) is 10.9. The Kier molecular flexibility index (Phi) is 4.59. The zero-order valence-corrected chi connectivity index (χ0v) is 19.1.